The van der Waals surface area contributed by atoms with Gasteiger partial charge in [0, 0.05) is 22.1 Å². The first-order valence-electron chi connectivity index (χ1n) is 21.1. The van der Waals surface area contributed by atoms with Gasteiger partial charge in [0.15, 0.2) is 0 Å². The highest BCUT2D eigenvalue weighted by Gasteiger charge is 2.23. The minimum Gasteiger partial charge on any atom is -0.309 e. The monoisotopic (exact) mass is 773 g/mol. The van der Waals surface area contributed by atoms with Crippen LogP contribution in [-0.4, -0.2) is 0 Å². The second-order valence-electron chi connectivity index (χ2n) is 16.0. The maximum absolute atomic E-state index is 2.46. The molecule has 0 N–H and O–H groups in total. The Morgan fingerprint density at radius 2 is 0.557 bits per heavy atom. The minimum absolute atomic E-state index is 1.10. The van der Waals surface area contributed by atoms with Crippen molar-refractivity contribution in [2.24, 2.45) is 0 Å². The predicted molar refractivity (Wildman–Crippen MR) is 262 cm³/mol. The summed E-state index contributed by atoms with van der Waals surface area (Å²) in [5.41, 5.74) is 10.6. The second kappa shape index (κ2) is 14.4. The molecule has 0 saturated heterocycles. The zero-order valence-electron chi connectivity index (χ0n) is 33.5. The van der Waals surface area contributed by atoms with Gasteiger partial charge in [-0.3, -0.25) is 0 Å². The van der Waals surface area contributed by atoms with Crippen molar-refractivity contribution in [3.8, 4) is 33.4 Å². The van der Waals surface area contributed by atoms with E-state index in [1.54, 1.807) is 0 Å². The molecule has 0 amide bonds. The lowest BCUT2D eigenvalue weighted by molar-refractivity contribution is 1.31. The third-order valence-corrected chi connectivity index (χ3v) is 12.6. The van der Waals surface area contributed by atoms with Crippen LogP contribution >= 0.6 is 0 Å². The molecule has 0 heterocycles. The Kier molecular flexibility index (Phi) is 8.25. The van der Waals surface area contributed by atoms with E-state index in [0.29, 0.717) is 0 Å². The summed E-state index contributed by atoms with van der Waals surface area (Å²) in [7, 11) is 0. The molecule has 0 bridgehead atoms. The van der Waals surface area contributed by atoms with Crippen LogP contribution in [0.3, 0.4) is 0 Å². The van der Waals surface area contributed by atoms with Gasteiger partial charge in [-0.2, -0.15) is 0 Å². The molecule has 0 atom stereocenters. The lowest BCUT2D eigenvalue weighted by Crippen LogP contribution is -2.11. The fourth-order valence-corrected chi connectivity index (χ4v) is 9.73. The molecule has 0 unspecified atom stereocenters. The molecule has 0 aromatic heterocycles. The van der Waals surface area contributed by atoms with Crippen LogP contribution in [0.2, 0.25) is 0 Å². The summed E-state index contributed by atoms with van der Waals surface area (Å²) in [6.07, 6.45) is 0. The van der Waals surface area contributed by atoms with Gasteiger partial charge in [-0.05, 0) is 130 Å². The number of anilines is 3. The molecule has 12 aromatic rings. The van der Waals surface area contributed by atoms with Crippen LogP contribution in [0, 0.1) is 0 Å². The summed E-state index contributed by atoms with van der Waals surface area (Å²) in [5.74, 6) is 0. The van der Waals surface area contributed by atoms with Crippen molar-refractivity contribution < 1.29 is 0 Å². The van der Waals surface area contributed by atoms with Gasteiger partial charge >= 0.3 is 0 Å². The van der Waals surface area contributed by atoms with E-state index in [0.717, 1.165) is 11.4 Å². The van der Waals surface area contributed by atoms with E-state index in [2.05, 4.69) is 241 Å². The Morgan fingerprint density at radius 1 is 0.213 bits per heavy atom. The van der Waals surface area contributed by atoms with Gasteiger partial charge in [-0.1, -0.05) is 194 Å². The van der Waals surface area contributed by atoms with Gasteiger partial charge in [-0.15, -0.1) is 0 Å². The summed E-state index contributed by atoms with van der Waals surface area (Å²) in [6.45, 7) is 0. The van der Waals surface area contributed by atoms with Crippen LogP contribution in [0.4, 0.5) is 17.1 Å². The zero-order chi connectivity index (χ0) is 40.3. The first kappa shape index (κ1) is 35.0. The normalized spacial score (nSPS) is 11.6. The maximum atomic E-state index is 2.46. The van der Waals surface area contributed by atoms with E-state index in [1.807, 2.05) is 0 Å². The highest BCUT2D eigenvalue weighted by Crippen LogP contribution is 2.49. The quantitative estimate of drug-likeness (QED) is 0.120. The highest BCUT2D eigenvalue weighted by molar-refractivity contribution is 6.29. The molecule has 0 saturated carbocycles. The standard InChI is InChI=1S/C60H39N/c1-3-15-40(16-4-1)42-27-32-47(33-28-42)61(48-34-29-43(30-35-48)41-17-5-2-6-18-41)60-54-25-13-11-23-52(54)59(53-24-12-14-26-55(53)60)46-31-36-51-56(39-46)49-21-9-10-22-50(49)57-37-44-19-7-8-20-45(44)38-58(51)57/h1-39H. The largest absolute Gasteiger partial charge is 0.309 e. The number of benzene rings is 12. The molecule has 61 heavy (non-hydrogen) atoms. The van der Waals surface area contributed by atoms with Gasteiger partial charge in [0.2, 0.25) is 0 Å². The van der Waals surface area contributed by atoms with Crippen molar-refractivity contribution in [3.63, 3.8) is 0 Å². The molecule has 12 rings (SSSR count). The first-order chi connectivity index (χ1) is 30.3. The number of hydrogen-bond acceptors (Lipinski definition) is 1. The number of rotatable bonds is 6. The second-order valence-corrected chi connectivity index (χ2v) is 16.0. The molecule has 0 radical (unpaired) electrons. The first-order valence-corrected chi connectivity index (χ1v) is 21.1. The average Bonchev–Trinajstić information content (AvgIpc) is 3.34. The van der Waals surface area contributed by atoms with Crippen LogP contribution in [-0.2, 0) is 0 Å². The Balaban J connectivity index is 1.11. The summed E-state index contributed by atoms with van der Waals surface area (Å²) < 4.78 is 0. The Morgan fingerprint density at radius 3 is 1.03 bits per heavy atom. The number of nitrogens with zero attached hydrogens (tertiary/aromatic N) is 1. The molecule has 12 aromatic carbocycles. The smallest absolute Gasteiger partial charge is 0.0618 e. The fraction of sp³-hybridized carbons (Fsp3) is 0. The van der Waals surface area contributed by atoms with Crippen molar-refractivity contribution >= 4 is 81.7 Å². The Hall–Kier alpha value is -8.00. The van der Waals surface area contributed by atoms with Gasteiger partial charge < -0.3 is 4.90 Å². The fourth-order valence-electron chi connectivity index (χ4n) is 9.73. The molecule has 1 nitrogen and oxygen atoms in total. The summed E-state index contributed by atoms with van der Waals surface area (Å²) in [4.78, 5) is 2.46. The van der Waals surface area contributed by atoms with E-state index in [9.17, 15) is 0 Å². The third-order valence-electron chi connectivity index (χ3n) is 12.6. The average molecular weight is 774 g/mol. The lowest BCUT2D eigenvalue weighted by Gasteiger charge is -2.30. The van der Waals surface area contributed by atoms with Crippen LogP contribution in [0.25, 0.3) is 98.0 Å². The third kappa shape index (κ3) is 5.86. The van der Waals surface area contributed by atoms with E-state index < -0.39 is 0 Å². The molecular weight excluding hydrogens is 735 g/mol. The SMILES string of the molecule is c1ccc(-c2ccc(N(c3ccc(-c4ccccc4)cc3)c3c4ccccc4c(-c4ccc5c(c4)c4ccccc4c4cc6ccccc6cc54)c4ccccc34)cc2)cc1. The highest BCUT2D eigenvalue weighted by atomic mass is 15.1. The topological polar surface area (TPSA) is 3.24 Å². The minimum atomic E-state index is 1.10. The maximum Gasteiger partial charge on any atom is 0.0618 e. The molecule has 1 heteroatoms. The van der Waals surface area contributed by atoms with Crippen molar-refractivity contribution in [1.82, 2.24) is 0 Å². The van der Waals surface area contributed by atoms with Crippen LogP contribution < -0.4 is 4.90 Å². The van der Waals surface area contributed by atoms with Crippen LogP contribution in [0.15, 0.2) is 237 Å². The summed E-state index contributed by atoms with van der Waals surface area (Å²) >= 11 is 0. The van der Waals surface area contributed by atoms with E-state index >= 15 is 0 Å². The van der Waals surface area contributed by atoms with E-state index in [-0.39, 0.29) is 0 Å². The van der Waals surface area contributed by atoms with Crippen LogP contribution in [0.5, 0.6) is 0 Å². The van der Waals surface area contributed by atoms with Crippen molar-refractivity contribution in [2.45, 2.75) is 0 Å². The van der Waals surface area contributed by atoms with Crippen LogP contribution in [0.1, 0.15) is 0 Å². The zero-order valence-corrected chi connectivity index (χ0v) is 33.5. The Bertz CT molecular complexity index is 3470. The molecular formula is C60H39N. The molecule has 0 spiro atoms. The summed E-state index contributed by atoms with van der Waals surface area (Å²) in [5, 5.41) is 15.1. The molecule has 0 aliphatic heterocycles. The van der Waals surface area contributed by atoms with Gasteiger partial charge in [0.05, 0.1) is 5.69 Å². The number of hydrogen-bond donors (Lipinski definition) is 0. The van der Waals surface area contributed by atoms with Crippen molar-refractivity contribution in [1.29, 1.82) is 0 Å². The number of fused-ring (bicyclic) bond motifs is 9. The van der Waals surface area contributed by atoms with Crippen molar-refractivity contribution in [2.75, 3.05) is 4.90 Å². The van der Waals surface area contributed by atoms with Gasteiger partial charge in [0.25, 0.3) is 0 Å². The molecule has 0 aliphatic rings. The van der Waals surface area contributed by atoms with E-state index in [1.165, 1.54) is 104 Å². The predicted octanol–water partition coefficient (Wildman–Crippen LogP) is 17.1. The lowest BCUT2D eigenvalue weighted by atomic mass is 9.87. The van der Waals surface area contributed by atoms with E-state index in [4.69, 9.17) is 0 Å². The van der Waals surface area contributed by atoms with Gasteiger partial charge in [0.1, 0.15) is 0 Å². The molecule has 0 fully saturated rings. The molecule has 284 valence electrons. The van der Waals surface area contributed by atoms with Gasteiger partial charge in [-0.25, -0.2) is 0 Å². The van der Waals surface area contributed by atoms with Crippen molar-refractivity contribution in [3.05, 3.63) is 237 Å². The Labute approximate surface area is 355 Å². The molecule has 0 aliphatic carbocycles. The summed E-state index contributed by atoms with van der Waals surface area (Å²) in [6, 6.07) is 86.9.